The van der Waals surface area contributed by atoms with Crippen molar-refractivity contribution in [1.29, 1.82) is 0 Å². The molecule has 1 aliphatic carbocycles. The van der Waals surface area contributed by atoms with E-state index >= 15 is 0 Å². The molecule has 0 aliphatic heterocycles. The van der Waals surface area contributed by atoms with Crippen LogP contribution in [0, 0.1) is 0 Å². The van der Waals surface area contributed by atoms with E-state index in [1.807, 2.05) is 24.3 Å². The van der Waals surface area contributed by atoms with Crippen LogP contribution in [0.2, 0.25) is 0 Å². The molecule has 3 heteroatoms. The number of nitrogens with zero attached hydrogens (tertiary/aromatic N) is 1. The fourth-order valence-corrected chi connectivity index (χ4v) is 7.72. The molecule has 1 unspecified atom stereocenters. The fraction of sp³-hybridized carbons (Fsp3) is 0.0417. The Morgan fingerprint density at radius 1 is 0.490 bits per heavy atom. The molecule has 10 rings (SSSR count). The highest BCUT2D eigenvalue weighted by atomic mass is 16.3. The van der Waals surface area contributed by atoms with Crippen LogP contribution in [0.25, 0.3) is 60.6 Å². The molecule has 51 heavy (non-hydrogen) atoms. The molecule has 1 atom stereocenters. The van der Waals surface area contributed by atoms with Gasteiger partial charge in [0.2, 0.25) is 0 Å². The highest BCUT2D eigenvalue weighted by molar-refractivity contribution is 6.13. The lowest BCUT2D eigenvalue weighted by atomic mass is 9.88. The van der Waals surface area contributed by atoms with Crippen molar-refractivity contribution < 1.29 is 8.83 Å². The van der Waals surface area contributed by atoms with Gasteiger partial charge < -0.3 is 13.7 Å². The van der Waals surface area contributed by atoms with Gasteiger partial charge in [-0.05, 0) is 77.2 Å². The summed E-state index contributed by atoms with van der Waals surface area (Å²) in [5.74, 6) is 0.414. The molecule has 2 heterocycles. The van der Waals surface area contributed by atoms with Crippen LogP contribution in [-0.2, 0) is 0 Å². The van der Waals surface area contributed by atoms with Crippen LogP contribution in [0.1, 0.15) is 23.5 Å². The van der Waals surface area contributed by atoms with E-state index in [4.69, 9.17) is 8.83 Å². The Labute approximate surface area is 296 Å². The summed E-state index contributed by atoms with van der Waals surface area (Å²) in [6.07, 6.45) is 7.97. The molecule has 3 nitrogen and oxygen atoms in total. The molecule has 0 amide bonds. The second-order valence-corrected chi connectivity index (χ2v) is 13.2. The van der Waals surface area contributed by atoms with Gasteiger partial charge in [0.05, 0.1) is 11.1 Å². The lowest BCUT2D eigenvalue weighted by molar-refractivity contribution is 0.669. The summed E-state index contributed by atoms with van der Waals surface area (Å²) in [6, 6.07) is 57.8. The number of furan rings is 2. The number of hydrogen-bond acceptors (Lipinski definition) is 3. The largest absolute Gasteiger partial charge is 0.456 e. The van der Waals surface area contributed by atoms with Crippen LogP contribution >= 0.6 is 0 Å². The number of rotatable bonds is 6. The van der Waals surface area contributed by atoms with E-state index in [1.165, 1.54) is 16.7 Å². The molecule has 7 aromatic carbocycles. The number of anilines is 3. The molecular formula is C48H33NO2. The molecule has 9 aromatic rings. The zero-order valence-corrected chi connectivity index (χ0v) is 27.9. The van der Waals surface area contributed by atoms with Crippen molar-refractivity contribution in [3.8, 4) is 11.1 Å². The van der Waals surface area contributed by atoms with Crippen molar-refractivity contribution in [1.82, 2.24) is 0 Å². The van der Waals surface area contributed by atoms with E-state index in [0.29, 0.717) is 5.92 Å². The van der Waals surface area contributed by atoms with Crippen LogP contribution in [0.5, 0.6) is 0 Å². The fourth-order valence-electron chi connectivity index (χ4n) is 7.72. The molecule has 0 radical (unpaired) electrons. The molecule has 0 saturated heterocycles. The van der Waals surface area contributed by atoms with Crippen molar-refractivity contribution >= 4 is 66.5 Å². The number of benzene rings is 7. The van der Waals surface area contributed by atoms with Crippen molar-refractivity contribution in [2.75, 3.05) is 4.90 Å². The van der Waals surface area contributed by atoms with Crippen LogP contribution < -0.4 is 4.90 Å². The maximum absolute atomic E-state index is 6.39. The van der Waals surface area contributed by atoms with Gasteiger partial charge in [0.1, 0.15) is 22.3 Å². The van der Waals surface area contributed by atoms with Gasteiger partial charge in [0.25, 0.3) is 0 Å². The summed E-state index contributed by atoms with van der Waals surface area (Å²) in [6.45, 7) is 0. The average Bonchev–Trinajstić information content (AvgIpc) is 3.78. The van der Waals surface area contributed by atoms with Crippen LogP contribution in [0.15, 0.2) is 191 Å². The third-order valence-electron chi connectivity index (χ3n) is 10.2. The van der Waals surface area contributed by atoms with E-state index in [-0.39, 0.29) is 0 Å². The number of hydrogen-bond donors (Lipinski definition) is 0. The third kappa shape index (κ3) is 5.05. The summed E-state index contributed by atoms with van der Waals surface area (Å²) in [5.41, 5.74) is 12.8. The van der Waals surface area contributed by atoms with Crippen molar-refractivity contribution in [2.45, 2.75) is 12.3 Å². The van der Waals surface area contributed by atoms with Crippen LogP contribution in [-0.4, -0.2) is 0 Å². The minimum Gasteiger partial charge on any atom is -0.456 e. The Morgan fingerprint density at radius 3 is 1.86 bits per heavy atom. The normalized spacial score (nSPS) is 14.4. The number of allylic oxidation sites excluding steroid dienone is 4. The first kappa shape index (κ1) is 29.3. The summed E-state index contributed by atoms with van der Waals surface area (Å²) in [7, 11) is 0. The lowest BCUT2D eigenvalue weighted by Gasteiger charge is -2.27. The molecule has 2 aromatic heterocycles. The predicted octanol–water partition coefficient (Wildman–Crippen LogP) is 13.7. The smallest absolute Gasteiger partial charge is 0.143 e. The lowest BCUT2D eigenvalue weighted by Crippen LogP contribution is -2.10. The van der Waals surface area contributed by atoms with E-state index in [0.717, 1.165) is 78.5 Å². The van der Waals surface area contributed by atoms with Crippen molar-refractivity contribution in [3.63, 3.8) is 0 Å². The number of fused-ring (bicyclic) bond motifs is 6. The van der Waals surface area contributed by atoms with Crippen LogP contribution in [0.3, 0.4) is 0 Å². The Balaban J connectivity index is 1.06. The SMILES string of the molecule is C1=CC(c2ccccc2)CC=C1c1ccc(N(c2ccc(-c3cccc4c3oc3ccccc34)cc2)c2cccc3oc4ccccc4c23)cc1. The van der Waals surface area contributed by atoms with Crippen molar-refractivity contribution in [3.05, 3.63) is 193 Å². The highest BCUT2D eigenvalue weighted by Gasteiger charge is 2.20. The summed E-state index contributed by atoms with van der Waals surface area (Å²) in [5, 5.41) is 4.46. The summed E-state index contributed by atoms with van der Waals surface area (Å²) in [4.78, 5) is 2.34. The van der Waals surface area contributed by atoms with Gasteiger partial charge in [-0.25, -0.2) is 0 Å². The van der Waals surface area contributed by atoms with E-state index in [9.17, 15) is 0 Å². The minimum atomic E-state index is 0.414. The molecule has 0 saturated carbocycles. The Morgan fingerprint density at radius 2 is 1.12 bits per heavy atom. The molecule has 0 bridgehead atoms. The topological polar surface area (TPSA) is 29.5 Å². The first-order valence-corrected chi connectivity index (χ1v) is 17.5. The number of para-hydroxylation sites is 3. The van der Waals surface area contributed by atoms with Gasteiger partial charge >= 0.3 is 0 Å². The predicted molar refractivity (Wildman–Crippen MR) is 212 cm³/mol. The van der Waals surface area contributed by atoms with E-state index < -0.39 is 0 Å². The average molecular weight is 656 g/mol. The first-order valence-electron chi connectivity index (χ1n) is 17.5. The van der Waals surface area contributed by atoms with E-state index in [2.05, 4.69) is 163 Å². The Hall–Kier alpha value is -6.58. The van der Waals surface area contributed by atoms with Gasteiger partial charge in [-0.15, -0.1) is 0 Å². The Kier molecular flexibility index (Phi) is 6.95. The Bertz CT molecular complexity index is 2760. The highest BCUT2D eigenvalue weighted by Crippen LogP contribution is 2.44. The van der Waals surface area contributed by atoms with E-state index in [1.54, 1.807) is 0 Å². The molecule has 242 valence electrons. The van der Waals surface area contributed by atoms with Gasteiger partial charge in [0.15, 0.2) is 0 Å². The maximum atomic E-state index is 6.39. The second kappa shape index (κ2) is 12.1. The summed E-state index contributed by atoms with van der Waals surface area (Å²) < 4.78 is 12.7. The summed E-state index contributed by atoms with van der Waals surface area (Å²) >= 11 is 0. The molecule has 1 aliphatic rings. The van der Waals surface area contributed by atoms with Crippen molar-refractivity contribution in [2.24, 2.45) is 0 Å². The zero-order chi connectivity index (χ0) is 33.7. The molecule has 0 N–H and O–H groups in total. The standard InChI is InChI=1S/C48H33NO2/c1-2-10-32(11-3-1)33-20-22-34(23-21-33)35-24-28-37(29-25-35)49(43-16-9-19-46-47(43)42-13-5-7-18-45(42)50-46)38-30-26-36(27-31-38)39-14-8-15-41-40-12-4-6-17-44(40)51-48(39)41/h1-20,22-31,33H,21H2. The monoisotopic (exact) mass is 655 g/mol. The van der Waals surface area contributed by atoms with Gasteiger partial charge in [-0.3, -0.25) is 0 Å². The first-order chi connectivity index (χ1) is 25.3. The molecule has 0 fully saturated rings. The minimum absolute atomic E-state index is 0.414. The van der Waals surface area contributed by atoms with Gasteiger partial charge in [-0.1, -0.05) is 133 Å². The van der Waals surface area contributed by atoms with Gasteiger partial charge in [-0.2, -0.15) is 0 Å². The third-order valence-corrected chi connectivity index (χ3v) is 10.2. The molecule has 0 spiro atoms. The quantitative estimate of drug-likeness (QED) is 0.179. The van der Waals surface area contributed by atoms with Crippen LogP contribution in [0.4, 0.5) is 17.1 Å². The second-order valence-electron chi connectivity index (χ2n) is 13.2. The zero-order valence-electron chi connectivity index (χ0n) is 27.9. The molecular weight excluding hydrogens is 623 g/mol. The maximum Gasteiger partial charge on any atom is 0.143 e. The van der Waals surface area contributed by atoms with Gasteiger partial charge in [0, 0.05) is 39.0 Å².